The van der Waals surface area contributed by atoms with Gasteiger partial charge in [0.25, 0.3) is 11.8 Å². The molecule has 5 N–H and O–H groups in total. The van der Waals surface area contributed by atoms with Crippen LogP contribution in [0.3, 0.4) is 0 Å². The van der Waals surface area contributed by atoms with E-state index in [1.165, 1.54) is 6.07 Å². The maximum Gasteiger partial charge on any atom is 0.253 e. The predicted octanol–water partition coefficient (Wildman–Crippen LogP) is 5.24. The Bertz CT molecular complexity index is 1530. The van der Waals surface area contributed by atoms with Crippen LogP contribution < -0.4 is 21.7 Å². The molecule has 0 bridgehead atoms. The maximum atomic E-state index is 14.8. The minimum Gasteiger partial charge on any atom is -0.350 e. The van der Waals surface area contributed by atoms with Gasteiger partial charge < -0.3 is 26.6 Å². The van der Waals surface area contributed by atoms with E-state index in [4.69, 9.17) is 5.73 Å². The summed E-state index contributed by atoms with van der Waals surface area (Å²) in [6.45, 7) is 11.0. The first-order chi connectivity index (χ1) is 23.4. The standard InChI is InChI=1S/C39H52FN5O4/c1-6-20-45(21-7-2)39(49)31-18-13-17-30(23-31)37(47)43-34(24-29-16-11-12-19-32(29)40)33(41)22-27(5)36(46)44-35(26(3)4)38(48)42-25-28-14-9-8-10-15-28/h8-19,23,26-27,33-35H,6-7,20-22,24-25,41H2,1-5H3,(H,42,48)(H,43,47)(H,44,46)/t27-,33+,34+,35+/m1/s1. The zero-order chi connectivity index (χ0) is 35.9. The summed E-state index contributed by atoms with van der Waals surface area (Å²) in [4.78, 5) is 55.0. The van der Waals surface area contributed by atoms with Crippen LogP contribution in [0.25, 0.3) is 0 Å². The average molecular weight is 674 g/mol. The van der Waals surface area contributed by atoms with E-state index in [2.05, 4.69) is 16.0 Å². The second-order valence-corrected chi connectivity index (χ2v) is 13.0. The number of halogens is 1. The van der Waals surface area contributed by atoms with Gasteiger partial charge in [0.2, 0.25) is 11.8 Å². The summed E-state index contributed by atoms with van der Waals surface area (Å²) in [5.41, 5.74) is 8.66. The van der Waals surface area contributed by atoms with E-state index in [0.29, 0.717) is 30.8 Å². The molecule has 0 aliphatic heterocycles. The SMILES string of the molecule is CCCN(CCC)C(=O)c1cccc(C(=O)N[C@@H](Cc2ccccc2F)[C@@H](N)C[C@@H](C)C(=O)N[C@H](C(=O)NCc2ccccc2)C(C)C)c1. The van der Waals surface area contributed by atoms with Gasteiger partial charge in [-0.25, -0.2) is 4.39 Å². The summed E-state index contributed by atoms with van der Waals surface area (Å²) in [6.07, 6.45) is 1.88. The number of carbonyl (C=O) groups is 4. The molecule has 0 aliphatic rings. The maximum absolute atomic E-state index is 14.8. The molecule has 3 aromatic carbocycles. The fourth-order valence-corrected chi connectivity index (χ4v) is 5.70. The van der Waals surface area contributed by atoms with Crippen molar-refractivity contribution in [3.8, 4) is 0 Å². The van der Waals surface area contributed by atoms with Crippen LogP contribution in [0.1, 0.15) is 85.7 Å². The number of hydrogen-bond acceptors (Lipinski definition) is 5. The molecule has 0 radical (unpaired) electrons. The Morgan fingerprint density at radius 3 is 2.06 bits per heavy atom. The van der Waals surface area contributed by atoms with Gasteiger partial charge in [0.15, 0.2) is 0 Å². The van der Waals surface area contributed by atoms with E-state index >= 15 is 0 Å². The molecule has 9 nitrogen and oxygen atoms in total. The quantitative estimate of drug-likeness (QED) is 0.147. The van der Waals surface area contributed by atoms with Crippen molar-refractivity contribution in [1.82, 2.24) is 20.9 Å². The van der Waals surface area contributed by atoms with Crippen LogP contribution in [-0.4, -0.2) is 59.7 Å². The summed E-state index contributed by atoms with van der Waals surface area (Å²) in [6, 6.07) is 20.1. The van der Waals surface area contributed by atoms with Gasteiger partial charge in [0.05, 0.1) is 0 Å². The first-order valence-electron chi connectivity index (χ1n) is 17.3. The molecular formula is C39H52FN5O4. The zero-order valence-electron chi connectivity index (χ0n) is 29.4. The number of hydrogen-bond donors (Lipinski definition) is 4. The molecule has 4 atom stereocenters. The Labute approximate surface area is 290 Å². The van der Waals surface area contributed by atoms with Crippen molar-refractivity contribution in [3.05, 3.63) is 107 Å². The molecule has 3 aromatic rings. The Morgan fingerprint density at radius 2 is 1.43 bits per heavy atom. The Balaban J connectivity index is 1.74. The number of nitrogens with two attached hydrogens (primary N) is 1. The van der Waals surface area contributed by atoms with Crippen LogP contribution in [0.5, 0.6) is 0 Å². The molecule has 4 amide bonds. The lowest BCUT2D eigenvalue weighted by molar-refractivity contribution is -0.132. The number of amides is 4. The van der Waals surface area contributed by atoms with Crippen molar-refractivity contribution in [3.63, 3.8) is 0 Å². The lowest BCUT2D eigenvalue weighted by atomic mass is 9.91. The van der Waals surface area contributed by atoms with E-state index < -0.39 is 35.8 Å². The number of rotatable bonds is 18. The van der Waals surface area contributed by atoms with Crippen LogP contribution in [0, 0.1) is 17.7 Å². The van der Waals surface area contributed by atoms with Crippen molar-refractivity contribution < 1.29 is 23.6 Å². The molecule has 0 unspecified atom stereocenters. The van der Waals surface area contributed by atoms with Gasteiger partial charge in [-0.3, -0.25) is 19.2 Å². The van der Waals surface area contributed by atoms with E-state index in [1.54, 1.807) is 54.3 Å². The van der Waals surface area contributed by atoms with Crippen molar-refractivity contribution in [2.75, 3.05) is 13.1 Å². The van der Waals surface area contributed by atoms with Crippen LogP contribution >= 0.6 is 0 Å². The predicted molar refractivity (Wildman–Crippen MR) is 191 cm³/mol. The monoisotopic (exact) mass is 673 g/mol. The molecule has 10 heteroatoms. The van der Waals surface area contributed by atoms with Gasteiger partial charge >= 0.3 is 0 Å². The van der Waals surface area contributed by atoms with Crippen LogP contribution in [0.15, 0.2) is 78.9 Å². The molecule has 3 rings (SSSR count). The zero-order valence-corrected chi connectivity index (χ0v) is 29.4. The highest BCUT2D eigenvalue weighted by Gasteiger charge is 2.30. The first kappa shape index (κ1) is 38.9. The lowest BCUT2D eigenvalue weighted by Gasteiger charge is -2.29. The van der Waals surface area contributed by atoms with Crippen molar-refractivity contribution in [2.24, 2.45) is 17.6 Å². The van der Waals surface area contributed by atoms with Gasteiger partial charge in [0, 0.05) is 48.8 Å². The van der Waals surface area contributed by atoms with Crippen molar-refractivity contribution in [2.45, 2.75) is 85.0 Å². The first-order valence-corrected chi connectivity index (χ1v) is 17.3. The molecule has 49 heavy (non-hydrogen) atoms. The molecule has 0 saturated heterocycles. The fraction of sp³-hybridized carbons (Fsp3) is 0.436. The minimum absolute atomic E-state index is 0.0871. The number of carbonyl (C=O) groups excluding carboxylic acids is 4. The molecule has 0 aliphatic carbocycles. The van der Waals surface area contributed by atoms with E-state index in [1.807, 2.05) is 58.0 Å². The third-order valence-electron chi connectivity index (χ3n) is 8.51. The average Bonchev–Trinajstić information content (AvgIpc) is 3.09. The Hall–Kier alpha value is -4.57. The third-order valence-corrected chi connectivity index (χ3v) is 8.51. The molecule has 0 heterocycles. The fourth-order valence-electron chi connectivity index (χ4n) is 5.70. The molecular weight excluding hydrogens is 621 g/mol. The molecule has 0 aromatic heterocycles. The summed E-state index contributed by atoms with van der Waals surface area (Å²) in [5.74, 6) is -2.48. The van der Waals surface area contributed by atoms with Gasteiger partial charge in [0.1, 0.15) is 11.9 Å². The minimum atomic E-state index is -0.760. The van der Waals surface area contributed by atoms with E-state index in [-0.39, 0.29) is 42.0 Å². The summed E-state index contributed by atoms with van der Waals surface area (Å²) >= 11 is 0. The second kappa shape index (κ2) is 19.4. The molecule has 0 fully saturated rings. The normalized spacial score (nSPS) is 13.6. The van der Waals surface area contributed by atoms with Crippen LogP contribution in [0.4, 0.5) is 4.39 Å². The van der Waals surface area contributed by atoms with Gasteiger partial charge in [-0.1, -0.05) is 89.2 Å². The van der Waals surface area contributed by atoms with Gasteiger partial charge in [-0.2, -0.15) is 0 Å². The number of nitrogens with one attached hydrogen (secondary N) is 3. The van der Waals surface area contributed by atoms with Crippen LogP contribution in [-0.2, 0) is 22.6 Å². The third kappa shape index (κ3) is 11.8. The highest BCUT2D eigenvalue weighted by molar-refractivity contribution is 5.99. The number of nitrogens with zero attached hydrogens (tertiary/aromatic N) is 1. The van der Waals surface area contributed by atoms with E-state index in [0.717, 1.165) is 18.4 Å². The lowest BCUT2D eigenvalue weighted by Crippen LogP contribution is -2.53. The van der Waals surface area contributed by atoms with Gasteiger partial charge in [-0.05, 0) is 67.0 Å². The summed E-state index contributed by atoms with van der Waals surface area (Å²) < 4.78 is 14.8. The molecule has 0 spiro atoms. The summed E-state index contributed by atoms with van der Waals surface area (Å²) in [5, 5.41) is 8.73. The molecule has 0 saturated carbocycles. The number of benzene rings is 3. The Morgan fingerprint density at radius 1 is 0.796 bits per heavy atom. The highest BCUT2D eigenvalue weighted by Crippen LogP contribution is 2.17. The molecule has 264 valence electrons. The second-order valence-electron chi connectivity index (χ2n) is 13.0. The van der Waals surface area contributed by atoms with E-state index in [9.17, 15) is 23.6 Å². The van der Waals surface area contributed by atoms with Crippen LogP contribution in [0.2, 0.25) is 0 Å². The highest BCUT2D eigenvalue weighted by atomic mass is 19.1. The van der Waals surface area contributed by atoms with Crippen molar-refractivity contribution >= 4 is 23.6 Å². The Kier molecular flexibility index (Phi) is 15.4. The largest absolute Gasteiger partial charge is 0.350 e. The topological polar surface area (TPSA) is 134 Å². The van der Waals surface area contributed by atoms with Gasteiger partial charge in [-0.15, -0.1) is 0 Å². The smallest absolute Gasteiger partial charge is 0.253 e. The van der Waals surface area contributed by atoms with Crippen molar-refractivity contribution in [1.29, 1.82) is 0 Å². The summed E-state index contributed by atoms with van der Waals surface area (Å²) in [7, 11) is 0.